The zero-order valence-corrected chi connectivity index (χ0v) is 20.9. The molecule has 2 aromatic carbocycles. The topological polar surface area (TPSA) is 76.1 Å². The van der Waals surface area contributed by atoms with Gasteiger partial charge in [0.25, 0.3) is 0 Å². The van der Waals surface area contributed by atoms with Crippen LogP contribution in [-0.2, 0) is 27.2 Å². The summed E-state index contributed by atoms with van der Waals surface area (Å²) in [6.45, 7) is 6.11. The number of hydrogen-bond donors (Lipinski definition) is 1. The third kappa shape index (κ3) is 7.43. The molecule has 0 saturated carbocycles. The van der Waals surface area contributed by atoms with Crippen molar-refractivity contribution in [3.8, 4) is 5.75 Å². The number of esters is 1. The smallest absolute Gasteiger partial charge is 0.334 e. The lowest BCUT2D eigenvalue weighted by Crippen LogP contribution is -2.41. The van der Waals surface area contributed by atoms with Gasteiger partial charge in [0.2, 0.25) is 0 Å². The van der Waals surface area contributed by atoms with E-state index in [0.717, 1.165) is 50.1 Å². The minimum Gasteiger partial charge on any atom is -0.493 e. The molecular weight excluding hydrogens is 442 g/mol. The molecule has 0 heterocycles. The van der Waals surface area contributed by atoms with E-state index in [1.165, 1.54) is 5.56 Å². The van der Waals surface area contributed by atoms with E-state index in [1.807, 2.05) is 50.2 Å². The van der Waals surface area contributed by atoms with Crippen molar-refractivity contribution in [2.45, 2.75) is 58.4 Å². The first kappa shape index (κ1) is 26.5. The number of aliphatic carboxylic acids is 1. The predicted molar refractivity (Wildman–Crippen MR) is 137 cm³/mol. The molecule has 188 valence electrons. The van der Waals surface area contributed by atoms with Crippen LogP contribution in [0.25, 0.3) is 0 Å². The van der Waals surface area contributed by atoms with Crippen LogP contribution in [0.3, 0.4) is 0 Å². The highest BCUT2D eigenvalue weighted by molar-refractivity contribution is 6.00. The van der Waals surface area contributed by atoms with Crippen molar-refractivity contribution in [3.63, 3.8) is 0 Å². The molecule has 3 rings (SSSR count). The Bertz CT molecular complexity index is 997. The van der Waals surface area contributed by atoms with Crippen molar-refractivity contribution in [2.75, 3.05) is 26.3 Å². The summed E-state index contributed by atoms with van der Waals surface area (Å²) in [5.74, 6) is -0.688. The Morgan fingerprint density at radius 3 is 2.40 bits per heavy atom. The van der Waals surface area contributed by atoms with Gasteiger partial charge in [0.15, 0.2) is 0 Å². The Morgan fingerprint density at radius 1 is 0.971 bits per heavy atom. The van der Waals surface area contributed by atoms with Gasteiger partial charge in [0, 0.05) is 18.0 Å². The van der Waals surface area contributed by atoms with Crippen molar-refractivity contribution < 1.29 is 24.2 Å². The molecule has 6 nitrogen and oxygen atoms in total. The summed E-state index contributed by atoms with van der Waals surface area (Å²) in [7, 11) is 0. The maximum Gasteiger partial charge on any atom is 0.334 e. The number of carboxylic acids is 1. The molecule has 1 atom stereocenters. The molecule has 0 saturated heterocycles. The monoisotopic (exact) mass is 479 g/mol. The number of hydrogen-bond acceptors (Lipinski definition) is 5. The quantitative estimate of drug-likeness (QED) is 0.320. The van der Waals surface area contributed by atoms with Crippen LogP contribution in [0.15, 0.2) is 65.7 Å². The van der Waals surface area contributed by atoms with E-state index < -0.39 is 11.9 Å². The van der Waals surface area contributed by atoms with Gasteiger partial charge in [0.1, 0.15) is 5.75 Å². The maximum absolute atomic E-state index is 12.8. The summed E-state index contributed by atoms with van der Waals surface area (Å²) in [5, 5.41) is 9.83. The molecule has 35 heavy (non-hydrogen) atoms. The second-order valence-corrected chi connectivity index (χ2v) is 8.76. The first-order valence-corrected chi connectivity index (χ1v) is 12.7. The zero-order chi connectivity index (χ0) is 25.0. The molecule has 0 spiro atoms. The Kier molecular flexibility index (Phi) is 10.4. The van der Waals surface area contributed by atoms with E-state index in [2.05, 4.69) is 23.1 Å². The molecule has 1 unspecified atom stereocenters. The van der Waals surface area contributed by atoms with Gasteiger partial charge in [-0.2, -0.15) is 0 Å². The highest BCUT2D eigenvalue weighted by Crippen LogP contribution is 2.30. The Balaban J connectivity index is 1.51. The molecule has 0 radical (unpaired) electrons. The van der Waals surface area contributed by atoms with E-state index in [9.17, 15) is 14.7 Å². The molecule has 1 aliphatic carbocycles. The molecule has 0 bridgehead atoms. The van der Waals surface area contributed by atoms with Crippen LogP contribution >= 0.6 is 0 Å². The fraction of sp³-hybridized carbons (Fsp3) is 0.448. The van der Waals surface area contributed by atoms with E-state index >= 15 is 0 Å². The van der Waals surface area contributed by atoms with Crippen LogP contribution in [-0.4, -0.2) is 54.3 Å². The van der Waals surface area contributed by atoms with Crippen LogP contribution in [0.4, 0.5) is 0 Å². The number of aryl methyl sites for hydroxylation is 2. The second kappa shape index (κ2) is 13.7. The van der Waals surface area contributed by atoms with Crippen LogP contribution in [0, 0.1) is 0 Å². The van der Waals surface area contributed by atoms with Crippen LogP contribution < -0.4 is 4.74 Å². The number of likely N-dealkylation sites (N-methyl/N-ethyl adjacent to an activating group) is 1. The minimum atomic E-state index is -1.02. The zero-order valence-electron chi connectivity index (χ0n) is 20.9. The first-order valence-electron chi connectivity index (χ1n) is 12.7. The minimum absolute atomic E-state index is 0.192. The van der Waals surface area contributed by atoms with Crippen molar-refractivity contribution in [2.24, 2.45) is 0 Å². The summed E-state index contributed by atoms with van der Waals surface area (Å²) in [6, 6.07) is 18.1. The van der Waals surface area contributed by atoms with Crippen molar-refractivity contribution in [1.29, 1.82) is 0 Å². The first-order chi connectivity index (χ1) is 17.0. The van der Waals surface area contributed by atoms with Crippen molar-refractivity contribution in [3.05, 3.63) is 76.9 Å². The highest BCUT2D eigenvalue weighted by atomic mass is 16.5. The molecular formula is C29H37NO5. The van der Waals surface area contributed by atoms with E-state index in [4.69, 9.17) is 9.47 Å². The normalized spacial score (nSPS) is 15.8. The third-order valence-corrected chi connectivity index (χ3v) is 6.57. The molecule has 0 aliphatic heterocycles. The van der Waals surface area contributed by atoms with Gasteiger partial charge in [-0.05, 0) is 62.4 Å². The van der Waals surface area contributed by atoms with E-state index in [-0.39, 0.29) is 18.2 Å². The number of ether oxygens (including phenoxy) is 2. The Morgan fingerprint density at radius 2 is 1.69 bits per heavy atom. The Hall–Kier alpha value is -3.12. The lowest BCUT2D eigenvalue weighted by Gasteiger charge is -2.34. The molecule has 0 amide bonds. The summed E-state index contributed by atoms with van der Waals surface area (Å²) >= 11 is 0. The molecule has 1 N–H and O–H groups in total. The fourth-order valence-electron chi connectivity index (χ4n) is 4.73. The van der Waals surface area contributed by atoms with Gasteiger partial charge in [0.05, 0.1) is 18.8 Å². The lowest BCUT2D eigenvalue weighted by atomic mass is 9.86. The lowest BCUT2D eigenvalue weighted by molar-refractivity contribution is -0.141. The number of nitrogens with zero attached hydrogens (tertiary/aromatic N) is 1. The average Bonchev–Trinajstić information content (AvgIpc) is 2.88. The van der Waals surface area contributed by atoms with Gasteiger partial charge in [-0.15, -0.1) is 0 Å². The van der Waals surface area contributed by atoms with E-state index in [1.54, 1.807) is 0 Å². The number of carbonyl (C=O) groups excluding carboxylic acids is 1. The molecule has 1 aliphatic rings. The predicted octanol–water partition coefficient (Wildman–Crippen LogP) is 5.06. The maximum atomic E-state index is 12.8. The number of carbonyl (C=O) groups is 2. The molecule has 0 aromatic heterocycles. The van der Waals surface area contributed by atoms with Crippen molar-refractivity contribution in [1.82, 2.24) is 4.90 Å². The van der Waals surface area contributed by atoms with Gasteiger partial charge in [-0.1, -0.05) is 62.4 Å². The SMILES string of the molecule is CCN(CC)C1CCCC(C(=O)OCCCOc2ccccc2CCc2ccccc2)=C1C(=O)O. The summed E-state index contributed by atoms with van der Waals surface area (Å²) < 4.78 is 11.5. The van der Waals surface area contributed by atoms with Crippen LogP contribution in [0.2, 0.25) is 0 Å². The summed E-state index contributed by atoms with van der Waals surface area (Å²) in [6.07, 6.45) is 4.34. The van der Waals surface area contributed by atoms with Gasteiger partial charge < -0.3 is 14.6 Å². The summed E-state index contributed by atoms with van der Waals surface area (Å²) in [4.78, 5) is 26.9. The van der Waals surface area contributed by atoms with Crippen molar-refractivity contribution >= 4 is 11.9 Å². The second-order valence-electron chi connectivity index (χ2n) is 8.76. The van der Waals surface area contributed by atoms with Gasteiger partial charge in [-0.3, -0.25) is 4.90 Å². The largest absolute Gasteiger partial charge is 0.493 e. The summed E-state index contributed by atoms with van der Waals surface area (Å²) in [5.41, 5.74) is 2.95. The number of benzene rings is 2. The standard InChI is InChI=1S/C29H37NO5/c1-3-30(4-2)25-16-10-15-24(27(25)28(31)32)29(33)35-21-11-20-34-26-17-9-8-14-23(26)19-18-22-12-6-5-7-13-22/h5-9,12-14,17,25H,3-4,10-11,15-16,18-21H2,1-2H3,(H,31,32). The van der Waals surface area contributed by atoms with Crippen LogP contribution in [0.1, 0.15) is 50.7 Å². The Labute approximate surface area is 208 Å². The van der Waals surface area contributed by atoms with E-state index in [0.29, 0.717) is 25.0 Å². The molecule has 6 heteroatoms. The van der Waals surface area contributed by atoms with Gasteiger partial charge in [-0.25, -0.2) is 9.59 Å². The molecule has 2 aromatic rings. The molecule has 0 fully saturated rings. The third-order valence-electron chi connectivity index (χ3n) is 6.57. The number of carboxylic acid groups (broad SMARTS) is 1. The van der Waals surface area contributed by atoms with Crippen LogP contribution in [0.5, 0.6) is 5.75 Å². The number of para-hydroxylation sites is 1. The number of rotatable bonds is 13. The highest BCUT2D eigenvalue weighted by Gasteiger charge is 2.34. The van der Waals surface area contributed by atoms with Gasteiger partial charge >= 0.3 is 11.9 Å². The fourth-order valence-corrected chi connectivity index (χ4v) is 4.73. The average molecular weight is 480 g/mol.